The van der Waals surface area contributed by atoms with Gasteiger partial charge in [0.2, 0.25) is 5.89 Å². The van der Waals surface area contributed by atoms with E-state index >= 15 is 0 Å². The molecular weight excluding hydrogens is 223 g/mol. The lowest BCUT2D eigenvalue weighted by Crippen LogP contribution is -2.15. The fraction of sp³-hybridized carbons (Fsp3) is 0.364. The van der Waals surface area contributed by atoms with Crippen LogP contribution in [0.1, 0.15) is 25.3 Å². The van der Waals surface area contributed by atoms with Crippen molar-refractivity contribution in [2.45, 2.75) is 19.4 Å². The van der Waals surface area contributed by atoms with Gasteiger partial charge < -0.3 is 9.73 Å². The lowest BCUT2D eigenvalue weighted by Gasteiger charge is -2.06. The number of hydrogen-bond acceptors (Lipinski definition) is 5. The highest BCUT2D eigenvalue weighted by Crippen LogP contribution is 2.20. The number of nitrogens with zero attached hydrogens (tertiary/aromatic N) is 3. The van der Waals surface area contributed by atoms with Gasteiger partial charge in [0.05, 0.1) is 12.2 Å². The van der Waals surface area contributed by atoms with Crippen LogP contribution < -0.4 is 5.32 Å². The van der Waals surface area contributed by atoms with Gasteiger partial charge in [-0.2, -0.15) is 0 Å². The average Bonchev–Trinajstić information content (AvgIpc) is 2.81. The monoisotopic (exact) mass is 236 g/mol. The van der Waals surface area contributed by atoms with E-state index in [1.165, 1.54) is 12.1 Å². The molecule has 2 rings (SSSR count). The third kappa shape index (κ3) is 2.47. The smallest absolute Gasteiger partial charge is 0.266 e. The summed E-state index contributed by atoms with van der Waals surface area (Å²) in [5.74, 6) is 0.417. The zero-order chi connectivity index (χ0) is 12.3. The van der Waals surface area contributed by atoms with Crippen LogP contribution in [0.5, 0.6) is 0 Å². The lowest BCUT2D eigenvalue weighted by atomic mass is 10.2. The molecule has 2 aromatic rings. The quantitative estimate of drug-likeness (QED) is 0.878. The van der Waals surface area contributed by atoms with Crippen molar-refractivity contribution in [2.24, 2.45) is 0 Å². The zero-order valence-electron chi connectivity index (χ0n) is 9.64. The van der Waals surface area contributed by atoms with Gasteiger partial charge in [-0.05, 0) is 25.6 Å². The summed E-state index contributed by atoms with van der Waals surface area (Å²) in [6.45, 7) is 2.02. The second-order valence-corrected chi connectivity index (χ2v) is 3.56. The first-order chi connectivity index (χ1) is 8.24. The van der Waals surface area contributed by atoms with Crippen LogP contribution in [-0.2, 0) is 0 Å². The summed E-state index contributed by atoms with van der Waals surface area (Å²) in [6.07, 6.45) is 1.96. The molecule has 0 spiro atoms. The lowest BCUT2D eigenvalue weighted by molar-refractivity contribution is 0.414. The molecule has 0 saturated heterocycles. The van der Waals surface area contributed by atoms with E-state index in [0.717, 1.165) is 12.6 Å². The molecule has 0 radical (unpaired) electrons. The highest BCUT2D eigenvalue weighted by atomic mass is 19.1. The summed E-state index contributed by atoms with van der Waals surface area (Å²) in [5, 5.41) is 10.9. The van der Waals surface area contributed by atoms with E-state index in [1.54, 1.807) is 0 Å². The van der Waals surface area contributed by atoms with Gasteiger partial charge in [-0.3, -0.25) is 0 Å². The molecule has 0 amide bonds. The third-order valence-electron chi connectivity index (χ3n) is 2.44. The maximum Gasteiger partial charge on any atom is 0.266 e. The summed E-state index contributed by atoms with van der Waals surface area (Å²) in [5.41, 5.74) is 0.469. The van der Waals surface area contributed by atoms with Crippen LogP contribution >= 0.6 is 0 Å². The van der Waals surface area contributed by atoms with Crippen molar-refractivity contribution in [2.75, 3.05) is 7.05 Å². The van der Waals surface area contributed by atoms with Crippen molar-refractivity contribution >= 4 is 0 Å². The van der Waals surface area contributed by atoms with Crippen LogP contribution in [0.4, 0.5) is 4.39 Å². The molecule has 2 heterocycles. The SMILES string of the molecule is CCC(NC)c1nnc(-c2ccc(F)cn2)o1. The van der Waals surface area contributed by atoms with Crippen LogP contribution in [0.15, 0.2) is 22.7 Å². The number of rotatable bonds is 4. The molecule has 0 fully saturated rings. The zero-order valence-corrected chi connectivity index (χ0v) is 9.64. The fourth-order valence-electron chi connectivity index (χ4n) is 1.48. The second-order valence-electron chi connectivity index (χ2n) is 3.56. The Morgan fingerprint density at radius 3 is 2.82 bits per heavy atom. The van der Waals surface area contributed by atoms with E-state index in [9.17, 15) is 4.39 Å². The minimum Gasteiger partial charge on any atom is -0.418 e. The number of pyridine rings is 1. The molecule has 1 atom stereocenters. The summed E-state index contributed by atoms with van der Waals surface area (Å²) < 4.78 is 18.2. The largest absolute Gasteiger partial charge is 0.418 e. The van der Waals surface area contributed by atoms with Crippen molar-refractivity contribution in [3.8, 4) is 11.6 Å². The van der Waals surface area contributed by atoms with Gasteiger partial charge in [0.1, 0.15) is 11.5 Å². The van der Waals surface area contributed by atoms with E-state index in [-0.39, 0.29) is 6.04 Å². The molecule has 1 unspecified atom stereocenters. The van der Waals surface area contributed by atoms with Gasteiger partial charge in [0, 0.05) is 0 Å². The molecule has 0 aliphatic rings. The first-order valence-corrected chi connectivity index (χ1v) is 5.37. The molecule has 5 nitrogen and oxygen atoms in total. The molecule has 0 aliphatic carbocycles. The van der Waals surface area contributed by atoms with Crippen molar-refractivity contribution in [3.63, 3.8) is 0 Å². The Bertz CT molecular complexity index is 478. The molecule has 1 N–H and O–H groups in total. The first-order valence-electron chi connectivity index (χ1n) is 5.37. The molecule has 0 saturated carbocycles. The predicted octanol–water partition coefficient (Wildman–Crippen LogP) is 1.94. The predicted molar refractivity (Wildman–Crippen MR) is 59.6 cm³/mol. The normalized spacial score (nSPS) is 12.6. The third-order valence-corrected chi connectivity index (χ3v) is 2.44. The highest BCUT2D eigenvalue weighted by molar-refractivity contribution is 5.45. The van der Waals surface area contributed by atoms with Gasteiger partial charge in [0.25, 0.3) is 5.89 Å². The van der Waals surface area contributed by atoms with E-state index in [0.29, 0.717) is 17.5 Å². The summed E-state index contributed by atoms with van der Waals surface area (Å²) in [6, 6.07) is 2.84. The first kappa shape index (κ1) is 11.7. The molecule has 0 aromatic carbocycles. The highest BCUT2D eigenvalue weighted by Gasteiger charge is 2.16. The minimum atomic E-state index is -0.393. The molecule has 17 heavy (non-hydrogen) atoms. The average molecular weight is 236 g/mol. The summed E-state index contributed by atoms with van der Waals surface area (Å²) in [4.78, 5) is 3.88. The van der Waals surface area contributed by atoms with E-state index < -0.39 is 5.82 Å². The Morgan fingerprint density at radius 1 is 1.41 bits per heavy atom. The van der Waals surface area contributed by atoms with Crippen molar-refractivity contribution in [3.05, 3.63) is 30.0 Å². The van der Waals surface area contributed by atoms with Gasteiger partial charge in [0.15, 0.2) is 0 Å². The maximum absolute atomic E-state index is 12.7. The molecule has 0 bridgehead atoms. The number of aromatic nitrogens is 3. The second kappa shape index (κ2) is 5.01. The van der Waals surface area contributed by atoms with Crippen LogP contribution in [0, 0.1) is 5.82 Å². The number of halogens is 1. The van der Waals surface area contributed by atoms with Crippen molar-refractivity contribution in [1.82, 2.24) is 20.5 Å². The fourth-order valence-corrected chi connectivity index (χ4v) is 1.48. The van der Waals surface area contributed by atoms with E-state index in [1.807, 2.05) is 14.0 Å². The Hall–Kier alpha value is -1.82. The van der Waals surface area contributed by atoms with Gasteiger partial charge in [-0.25, -0.2) is 9.37 Å². The van der Waals surface area contributed by atoms with Crippen LogP contribution in [0.2, 0.25) is 0 Å². The Balaban J connectivity index is 2.26. The maximum atomic E-state index is 12.7. The van der Waals surface area contributed by atoms with Gasteiger partial charge in [-0.15, -0.1) is 10.2 Å². The Labute approximate surface area is 98.1 Å². The summed E-state index contributed by atoms with van der Waals surface area (Å²) in [7, 11) is 1.83. The molecular formula is C11H13FN4O. The molecule has 90 valence electrons. The topological polar surface area (TPSA) is 63.8 Å². The Morgan fingerprint density at radius 2 is 2.24 bits per heavy atom. The molecule has 0 aliphatic heterocycles. The molecule has 6 heteroatoms. The number of nitrogens with one attached hydrogen (secondary N) is 1. The van der Waals surface area contributed by atoms with Crippen LogP contribution in [-0.4, -0.2) is 22.2 Å². The van der Waals surface area contributed by atoms with Crippen LogP contribution in [0.25, 0.3) is 11.6 Å². The van der Waals surface area contributed by atoms with Gasteiger partial charge in [-0.1, -0.05) is 6.92 Å². The van der Waals surface area contributed by atoms with Crippen molar-refractivity contribution < 1.29 is 8.81 Å². The molecule has 2 aromatic heterocycles. The number of hydrogen-bond donors (Lipinski definition) is 1. The van der Waals surface area contributed by atoms with E-state index in [4.69, 9.17) is 4.42 Å². The minimum absolute atomic E-state index is 0.0247. The summed E-state index contributed by atoms with van der Waals surface area (Å²) >= 11 is 0. The van der Waals surface area contributed by atoms with Gasteiger partial charge >= 0.3 is 0 Å². The van der Waals surface area contributed by atoms with Crippen molar-refractivity contribution in [1.29, 1.82) is 0 Å². The standard InChI is InChI=1S/C11H13FN4O/c1-3-8(13-2)10-15-16-11(17-10)9-5-4-7(12)6-14-9/h4-6,8,13H,3H2,1-2H3. The van der Waals surface area contributed by atoms with E-state index in [2.05, 4.69) is 20.5 Å². The van der Waals surface area contributed by atoms with Crippen LogP contribution in [0.3, 0.4) is 0 Å². The Kier molecular flexibility index (Phi) is 3.43.